The molecule has 1 saturated heterocycles. The third-order valence-electron chi connectivity index (χ3n) is 4.23. The minimum absolute atomic E-state index is 0.0926. The fourth-order valence-electron chi connectivity index (χ4n) is 3.03. The number of nitrogens with one attached hydrogen (secondary N) is 1. The standard InChI is InChI=1S/C16H21N3O/c1-11-6-3-2-4-9-19(11)16(20)14-10-12-7-5-8-13(17)15(12)18-14/h5,7-8,10-11,18H,2-4,6,9,17H2,1H3. The van der Waals surface area contributed by atoms with Crippen LogP contribution in [0.3, 0.4) is 0 Å². The van der Waals surface area contributed by atoms with Gasteiger partial charge in [0.2, 0.25) is 0 Å². The molecule has 1 aliphatic rings. The summed E-state index contributed by atoms with van der Waals surface area (Å²) in [7, 11) is 0. The Labute approximate surface area is 118 Å². The third kappa shape index (κ3) is 2.26. The molecule has 0 radical (unpaired) electrons. The molecule has 3 rings (SSSR count). The quantitative estimate of drug-likeness (QED) is 0.783. The molecule has 1 atom stereocenters. The first-order valence-electron chi connectivity index (χ1n) is 7.35. The number of nitrogens with two attached hydrogens (primary N) is 1. The SMILES string of the molecule is CC1CCCCCN1C(=O)c1cc2cccc(N)c2[nH]1. The van der Waals surface area contributed by atoms with E-state index in [0.717, 1.165) is 30.3 Å². The van der Waals surface area contributed by atoms with Crippen LogP contribution in [-0.4, -0.2) is 28.4 Å². The molecule has 4 heteroatoms. The highest BCUT2D eigenvalue weighted by atomic mass is 16.2. The highest BCUT2D eigenvalue weighted by molar-refractivity contribution is 6.00. The van der Waals surface area contributed by atoms with Crippen molar-refractivity contribution in [2.45, 2.75) is 38.6 Å². The van der Waals surface area contributed by atoms with Crippen LogP contribution in [0.25, 0.3) is 10.9 Å². The van der Waals surface area contributed by atoms with E-state index < -0.39 is 0 Å². The summed E-state index contributed by atoms with van der Waals surface area (Å²) in [5.41, 5.74) is 8.13. The minimum atomic E-state index is 0.0926. The molecule has 1 aromatic heterocycles. The summed E-state index contributed by atoms with van der Waals surface area (Å²) in [6, 6.07) is 7.96. The summed E-state index contributed by atoms with van der Waals surface area (Å²) in [4.78, 5) is 17.9. The van der Waals surface area contributed by atoms with Crippen molar-refractivity contribution < 1.29 is 4.79 Å². The van der Waals surface area contributed by atoms with Gasteiger partial charge < -0.3 is 15.6 Å². The van der Waals surface area contributed by atoms with Crippen molar-refractivity contribution in [1.29, 1.82) is 0 Å². The molecule has 0 aliphatic carbocycles. The van der Waals surface area contributed by atoms with Gasteiger partial charge in [0.1, 0.15) is 5.69 Å². The van der Waals surface area contributed by atoms with Crippen LogP contribution in [0.2, 0.25) is 0 Å². The lowest BCUT2D eigenvalue weighted by molar-refractivity contribution is 0.0693. The number of rotatable bonds is 1. The normalized spacial score (nSPS) is 20.1. The van der Waals surface area contributed by atoms with Crippen molar-refractivity contribution in [3.05, 3.63) is 30.0 Å². The van der Waals surface area contributed by atoms with E-state index in [4.69, 9.17) is 5.73 Å². The van der Waals surface area contributed by atoms with Crippen LogP contribution in [0, 0.1) is 0 Å². The molecule has 0 spiro atoms. The van der Waals surface area contributed by atoms with E-state index in [-0.39, 0.29) is 5.91 Å². The molecular weight excluding hydrogens is 250 g/mol. The van der Waals surface area contributed by atoms with Gasteiger partial charge in [-0.15, -0.1) is 0 Å². The van der Waals surface area contributed by atoms with Gasteiger partial charge in [-0.3, -0.25) is 4.79 Å². The Morgan fingerprint density at radius 2 is 2.20 bits per heavy atom. The maximum Gasteiger partial charge on any atom is 0.270 e. The predicted octanol–water partition coefficient (Wildman–Crippen LogP) is 3.15. The molecule has 0 bridgehead atoms. The second-order valence-electron chi connectivity index (χ2n) is 5.69. The van der Waals surface area contributed by atoms with Gasteiger partial charge in [0.15, 0.2) is 0 Å². The average molecular weight is 271 g/mol. The van der Waals surface area contributed by atoms with E-state index >= 15 is 0 Å². The van der Waals surface area contributed by atoms with Gasteiger partial charge in [0.05, 0.1) is 11.2 Å². The number of hydrogen-bond donors (Lipinski definition) is 2. The zero-order chi connectivity index (χ0) is 14.1. The van der Waals surface area contributed by atoms with Gasteiger partial charge in [-0.25, -0.2) is 0 Å². The summed E-state index contributed by atoms with van der Waals surface area (Å²) in [5.74, 6) is 0.0926. The lowest BCUT2D eigenvalue weighted by atomic mass is 10.1. The number of carbonyl (C=O) groups excluding carboxylic acids is 1. The number of benzene rings is 1. The largest absolute Gasteiger partial charge is 0.397 e. The summed E-state index contributed by atoms with van der Waals surface area (Å²) in [5, 5.41) is 0.996. The van der Waals surface area contributed by atoms with Crippen molar-refractivity contribution in [2.24, 2.45) is 0 Å². The number of anilines is 1. The fourth-order valence-corrected chi connectivity index (χ4v) is 3.03. The summed E-state index contributed by atoms with van der Waals surface area (Å²) in [6.07, 6.45) is 4.62. The number of likely N-dealkylation sites (tertiary alicyclic amines) is 1. The van der Waals surface area contributed by atoms with E-state index in [9.17, 15) is 4.79 Å². The molecule has 20 heavy (non-hydrogen) atoms. The highest BCUT2D eigenvalue weighted by Gasteiger charge is 2.24. The van der Waals surface area contributed by atoms with Crippen molar-refractivity contribution in [1.82, 2.24) is 9.88 Å². The number of amides is 1. The maximum absolute atomic E-state index is 12.7. The Hall–Kier alpha value is -1.97. The van der Waals surface area contributed by atoms with Crippen LogP contribution in [0.1, 0.15) is 43.1 Å². The van der Waals surface area contributed by atoms with Crippen molar-refractivity contribution >= 4 is 22.5 Å². The first-order valence-corrected chi connectivity index (χ1v) is 7.35. The second-order valence-corrected chi connectivity index (χ2v) is 5.69. The molecule has 106 valence electrons. The summed E-state index contributed by atoms with van der Waals surface area (Å²) in [6.45, 7) is 2.99. The lowest BCUT2D eigenvalue weighted by Gasteiger charge is -2.26. The fraction of sp³-hybridized carbons (Fsp3) is 0.438. The van der Waals surface area contributed by atoms with E-state index in [0.29, 0.717) is 17.4 Å². The Bertz CT molecular complexity index is 632. The van der Waals surface area contributed by atoms with E-state index in [1.165, 1.54) is 12.8 Å². The van der Waals surface area contributed by atoms with Crippen LogP contribution in [0.15, 0.2) is 24.3 Å². The van der Waals surface area contributed by atoms with Gasteiger partial charge in [-0.05, 0) is 31.9 Å². The molecule has 1 fully saturated rings. The molecule has 0 saturated carbocycles. The number of H-pyrrole nitrogens is 1. The molecule has 4 nitrogen and oxygen atoms in total. The predicted molar refractivity (Wildman–Crippen MR) is 81.7 cm³/mol. The average Bonchev–Trinajstić information content (AvgIpc) is 2.76. The minimum Gasteiger partial charge on any atom is -0.397 e. The van der Waals surface area contributed by atoms with Crippen LogP contribution in [0.5, 0.6) is 0 Å². The van der Waals surface area contributed by atoms with Crippen LogP contribution in [-0.2, 0) is 0 Å². The number of carbonyl (C=O) groups is 1. The first kappa shape index (κ1) is 13.0. The van der Waals surface area contributed by atoms with E-state index in [1.54, 1.807) is 0 Å². The molecule has 2 aromatic rings. The topological polar surface area (TPSA) is 62.1 Å². The number of fused-ring (bicyclic) bond motifs is 1. The number of aromatic amines is 1. The number of nitrogen functional groups attached to an aromatic ring is 1. The molecule has 1 unspecified atom stereocenters. The summed E-state index contributed by atoms with van der Waals surface area (Å²) < 4.78 is 0. The number of nitrogens with zero attached hydrogens (tertiary/aromatic N) is 1. The number of para-hydroxylation sites is 1. The molecular formula is C16H21N3O. The van der Waals surface area contributed by atoms with Crippen molar-refractivity contribution in [3.8, 4) is 0 Å². The molecule has 3 N–H and O–H groups in total. The van der Waals surface area contributed by atoms with Gasteiger partial charge in [0.25, 0.3) is 5.91 Å². The summed E-state index contributed by atoms with van der Waals surface area (Å²) >= 11 is 0. The Kier molecular flexibility index (Phi) is 3.38. The first-order chi connectivity index (χ1) is 9.66. The van der Waals surface area contributed by atoms with Crippen LogP contribution in [0.4, 0.5) is 5.69 Å². The molecule has 2 heterocycles. The monoisotopic (exact) mass is 271 g/mol. The van der Waals surface area contributed by atoms with E-state index in [1.807, 2.05) is 29.2 Å². The van der Waals surface area contributed by atoms with Gasteiger partial charge >= 0.3 is 0 Å². The number of hydrogen-bond acceptors (Lipinski definition) is 2. The molecule has 1 aliphatic heterocycles. The maximum atomic E-state index is 12.7. The second kappa shape index (κ2) is 5.19. The van der Waals surface area contributed by atoms with Gasteiger partial charge in [-0.2, -0.15) is 0 Å². The smallest absolute Gasteiger partial charge is 0.270 e. The highest BCUT2D eigenvalue weighted by Crippen LogP contribution is 2.24. The van der Waals surface area contributed by atoms with E-state index in [2.05, 4.69) is 11.9 Å². The van der Waals surface area contributed by atoms with Crippen LogP contribution >= 0.6 is 0 Å². The van der Waals surface area contributed by atoms with Gasteiger partial charge in [0, 0.05) is 18.0 Å². The number of aromatic nitrogens is 1. The Balaban J connectivity index is 1.93. The van der Waals surface area contributed by atoms with Crippen LogP contribution < -0.4 is 5.73 Å². The Morgan fingerprint density at radius 1 is 1.35 bits per heavy atom. The van der Waals surface area contributed by atoms with Crippen molar-refractivity contribution in [2.75, 3.05) is 12.3 Å². The Morgan fingerprint density at radius 3 is 3.00 bits per heavy atom. The zero-order valence-electron chi connectivity index (χ0n) is 11.9. The molecule has 1 aromatic carbocycles. The van der Waals surface area contributed by atoms with Crippen molar-refractivity contribution in [3.63, 3.8) is 0 Å². The third-order valence-corrected chi connectivity index (χ3v) is 4.23. The lowest BCUT2D eigenvalue weighted by Crippen LogP contribution is -2.38. The zero-order valence-corrected chi connectivity index (χ0v) is 11.9. The molecule has 1 amide bonds. The van der Waals surface area contributed by atoms with Gasteiger partial charge in [-0.1, -0.05) is 25.0 Å².